The Labute approximate surface area is 161 Å². The molecule has 0 amide bonds. The minimum atomic E-state index is -0.228. The SMILES string of the molecule is C=C(C)C(=O)OCC12CC3(I)CC(I)(CC(I)(C3)C1)C2. The maximum atomic E-state index is 11.7. The van der Waals surface area contributed by atoms with Crippen LogP contribution >= 0.6 is 67.8 Å². The lowest BCUT2D eigenvalue weighted by molar-refractivity contribution is -0.146. The van der Waals surface area contributed by atoms with Gasteiger partial charge in [0.15, 0.2) is 0 Å². The molecule has 5 heteroatoms. The third-order valence-corrected chi connectivity index (χ3v) is 8.27. The van der Waals surface area contributed by atoms with Crippen molar-refractivity contribution in [1.29, 1.82) is 0 Å². The number of ether oxygens (including phenoxy) is 1. The molecule has 0 saturated heterocycles. The summed E-state index contributed by atoms with van der Waals surface area (Å²) in [5.41, 5.74) is 0.705. The Morgan fingerprint density at radius 3 is 1.75 bits per heavy atom. The monoisotopic (exact) mass is 612 g/mol. The minimum absolute atomic E-state index is 0.198. The van der Waals surface area contributed by atoms with Gasteiger partial charge in [-0.3, -0.25) is 0 Å². The predicted octanol–water partition coefficient (Wildman–Crippen LogP) is 4.99. The van der Waals surface area contributed by atoms with Crippen LogP contribution in [0.2, 0.25) is 0 Å². The summed E-state index contributed by atoms with van der Waals surface area (Å²) < 4.78 is 6.80. The molecule has 20 heavy (non-hydrogen) atoms. The molecule has 0 N–H and O–H groups in total. The summed E-state index contributed by atoms with van der Waals surface area (Å²) in [7, 11) is 0. The molecular weight excluding hydrogens is 593 g/mol. The standard InChI is InChI=1S/C15H19I3O2/c1-10(2)11(19)20-9-12-3-13(16)6-14(17,4-12)8-15(18,5-12)7-13/h1,3-9H2,2H3. The number of halogens is 3. The zero-order chi connectivity index (χ0) is 14.8. The summed E-state index contributed by atoms with van der Waals surface area (Å²) in [6, 6.07) is 0. The highest BCUT2D eigenvalue weighted by molar-refractivity contribution is 14.1. The van der Waals surface area contributed by atoms with Gasteiger partial charge in [-0.25, -0.2) is 4.79 Å². The van der Waals surface area contributed by atoms with Crippen molar-refractivity contribution < 1.29 is 9.53 Å². The van der Waals surface area contributed by atoms with Gasteiger partial charge in [0, 0.05) is 21.3 Å². The number of hydrogen-bond donors (Lipinski definition) is 0. The molecule has 0 atom stereocenters. The molecule has 0 aromatic carbocycles. The predicted molar refractivity (Wildman–Crippen MR) is 106 cm³/mol. The van der Waals surface area contributed by atoms with Gasteiger partial charge in [0.2, 0.25) is 0 Å². The Hall–Kier alpha value is 1.40. The van der Waals surface area contributed by atoms with Crippen molar-refractivity contribution in [2.24, 2.45) is 5.41 Å². The van der Waals surface area contributed by atoms with Crippen LogP contribution in [-0.2, 0) is 9.53 Å². The van der Waals surface area contributed by atoms with E-state index in [1.54, 1.807) is 6.92 Å². The maximum absolute atomic E-state index is 11.7. The van der Waals surface area contributed by atoms with Crippen LogP contribution in [0.25, 0.3) is 0 Å². The van der Waals surface area contributed by atoms with E-state index in [9.17, 15) is 4.79 Å². The first-order chi connectivity index (χ1) is 9.07. The summed E-state index contributed by atoms with van der Waals surface area (Å²) >= 11 is 8.10. The average molecular weight is 612 g/mol. The summed E-state index contributed by atoms with van der Waals surface area (Å²) in [6.45, 7) is 5.99. The van der Waals surface area contributed by atoms with Crippen LogP contribution in [0.5, 0.6) is 0 Å². The Kier molecular flexibility index (Phi) is 4.02. The van der Waals surface area contributed by atoms with Crippen LogP contribution in [0.4, 0.5) is 0 Å². The lowest BCUT2D eigenvalue weighted by Gasteiger charge is -2.66. The second-order valence-electron chi connectivity index (χ2n) is 7.37. The zero-order valence-corrected chi connectivity index (χ0v) is 18.1. The highest BCUT2D eigenvalue weighted by atomic mass is 127. The van der Waals surface area contributed by atoms with E-state index in [-0.39, 0.29) is 11.4 Å². The van der Waals surface area contributed by atoms with Gasteiger partial charge in [0.25, 0.3) is 0 Å². The first-order valence-electron chi connectivity index (χ1n) is 6.96. The molecule has 4 bridgehead atoms. The third-order valence-electron chi connectivity index (χ3n) is 4.83. The summed E-state index contributed by atoms with van der Waals surface area (Å²) in [5, 5.41) is 0. The first kappa shape index (κ1) is 16.3. The Morgan fingerprint density at radius 1 is 1.00 bits per heavy atom. The molecule has 4 saturated carbocycles. The van der Waals surface area contributed by atoms with E-state index in [1.807, 2.05) is 0 Å². The van der Waals surface area contributed by atoms with Crippen molar-refractivity contribution >= 4 is 73.7 Å². The van der Waals surface area contributed by atoms with Crippen molar-refractivity contribution in [2.45, 2.75) is 55.7 Å². The topological polar surface area (TPSA) is 26.3 Å². The molecule has 4 fully saturated rings. The second-order valence-corrected chi connectivity index (χ2v) is 14.2. The average Bonchev–Trinajstić information content (AvgIpc) is 2.18. The van der Waals surface area contributed by atoms with Crippen molar-refractivity contribution in [2.75, 3.05) is 6.61 Å². The number of carbonyl (C=O) groups is 1. The van der Waals surface area contributed by atoms with Crippen LogP contribution in [0.3, 0.4) is 0 Å². The van der Waals surface area contributed by atoms with Crippen LogP contribution in [-0.4, -0.2) is 22.8 Å². The molecular formula is C15H19I3O2. The number of carbonyl (C=O) groups excluding carboxylic acids is 1. The van der Waals surface area contributed by atoms with Gasteiger partial charge in [-0.1, -0.05) is 74.4 Å². The Bertz CT molecular complexity index is 434. The number of rotatable bonds is 3. The minimum Gasteiger partial charge on any atom is -0.462 e. The quantitative estimate of drug-likeness (QED) is 0.195. The number of hydrogen-bond acceptors (Lipinski definition) is 2. The van der Waals surface area contributed by atoms with Gasteiger partial charge in [-0.2, -0.15) is 0 Å². The van der Waals surface area contributed by atoms with Crippen LogP contribution in [0.1, 0.15) is 45.4 Å². The lowest BCUT2D eigenvalue weighted by Crippen LogP contribution is -2.64. The molecule has 0 aromatic rings. The normalized spacial score (nSPS) is 49.2. The smallest absolute Gasteiger partial charge is 0.333 e. The molecule has 4 aliphatic rings. The van der Waals surface area contributed by atoms with E-state index in [0.717, 1.165) is 0 Å². The van der Waals surface area contributed by atoms with E-state index in [0.29, 0.717) is 22.4 Å². The molecule has 0 aliphatic heterocycles. The van der Waals surface area contributed by atoms with Crippen molar-refractivity contribution in [3.8, 4) is 0 Å². The molecule has 112 valence electrons. The van der Waals surface area contributed by atoms with Crippen LogP contribution in [0.15, 0.2) is 12.2 Å². The Balaban J connectivity index is 1.83. The van der Waals surface area contributed by atoms with Crippen molar-refractivity contribution in [1.82, 2.24) is 0 Å². The third kappa shape index (κ3) is 2.92. The second kappa shape index (κ2) is 4.95. The van der Waals surface area contributed by atoms with Gasteiger partial charge >= 0.3 is 5.97 Å². The van der Waals surface area contributed by atoms with E-state index in [1.165, 1.54) is 38.5 Å². The molecule has 2 nitrogen and oxygen atoms in total. The van der Waals surface area contributed by atoms with Crippen molar-refractivity contribution in [3.63, 3.8) is 0 Å². The summed E-state index contributed by atoms with van der Waals surface area (Å²) in [4.78, 5) is 11.7. The molecule has 0 heterocycles. The molecule has 4 rings (SSSR count). The highest BCUT2D eigenvalue weighted by Gasteiger charge is 2.66. The highest BCUT2D eigenvalue weighted by Crippen LogP contribution is 2.71. The van der Waals surface area contributed by atoms with Gasteiger partial charge in [0.05, 0.1) is 6.61 Å². The molecule has 0 unspecified atom stereocenters. The molecule has 0 radical (unpaired) electrons. The van der Waals surface area contributed by atoms with E-state index >= 15 is 0 Å². The van der Waals surface area contributed by atoms with Gasteiger partial charge in [-0.15, -0.1) is 0 Å². The molecule has 4 aliphatic carbocycles. The summed E-state index contributed by atoms with van der Waals surface area (Å²) in [5.74, 6) is -0.228. The Morgan fingerprint density at radius 2 is 1.40 bits per heavy atom. The van der Waals surface area contributed by atoms with Crippen molar-refractivity contribution in [3.05, 3.63) is 12.2 Å². The van der Waals surface area contributed by atoms with Gasteiger partial charge in [-0.05, 0) is 45.4 Å². The van der Waals surface area contributed by atoms with E-state index < -0.39 is 0 Å². The summed E-state index contributed by atoms with van der Waals surface area (Å²) in [6.07, 6.45) is 7.59. The van der Waals surface area contributed by atoms with Crippen LogP contribution in [0, 0.1) is 5.41 Å². The first-order valence-corrected chi connectivity index (χ1v) is 10.2. The zero-order valence-electron chi connectivity index (χ0n) is 11.6. The molecule has 0 spiro atoms. The number of esters is 1. The molecule has 0 aromatic heterocycles. The largest absolute Gasteiger partial charge is 0.462 e. The van der Waals surface area contributed by atoms with E-state index in [2.05, 4.69) is 74.4 Å². The number of alkyl halides is 3. The fourth-order valence-electron chi connectivity index (χ4n) is 4.96. The maximum Gasteiger partial charge on any atom is 0.333 e. The van der Waals surface area contributed by atoms with Crippen LogP contribution < -0.4 is 0 Å². The van der Waals surface area contributed by atoms with Gasteiger partial charge in [0.1, 0.15) is 0 Å². The lowest BCUT2D eigenvalue weighted by atomic mass is 9.49. The fourth-order valence-corrected chi connectivity index (χ4v) is 14.0. The van der Waals surface area contributed by atoms with E-state index in [4.69, 9.17) is 4.74 Å². The van der Waals surface area contributed by atoms with Gasteiger partial charge < -0.3 is 4.74 Å². The fraction of sp³-hybridized carbons (Fsp3) is 0.800.